The summed E-state index contributed by atoms with van der Waals surface area (Å²) in [6, 6.07) is 10.6. The predicted molar refractivity (Wildman–Crippen MR) is 126 cm³/mol. The number of guanidine groups is 1. The van der Waals surface area contributed by atoms with Crippen molar-refractivity contribution in [3.05, 3.63) is 70.2 Å². The van der Waals surface area contributed by atoms with Gasteiger partial charge in [-0.1, -0.05) is 30.3 Å². The molecule has 0 bridgehead atoms. The van der Waals surface area contributed by atoms with Crippen LogP contribution in [0.1, 0.15) is 41.5 Å². The number of nitrogens with one attached hydrogen (secondary N) is 1. The lowest BCUT2D eigenvalue weighted by Crippen LogP contribution is -2.38. The van der Waals surface area contributed by atoms with E-state index in [-0.39, 0.29) is 6.10 Å². The lowest BCUT2D eigenvalue weighted by molar-refractivity contribution is 0.119. The van der Waals surface area contributed by atoms with E-state index in [2.05, 4.69) is 65.5 Å². The van der Waals surface area contributed by atoms with Gasteiger partial charge in [0.1, 0.15) is 16.9 Å². The summed E-state index contributed by atoms with van der Waals surface area (Å²) in [5.74, 6) is 1.82. The van der Waals surface area contributed by atoms with Crippen molar-refractivity contribution < 1.29 is 4.74 Å². The molecule has 1 atom stereocenters. The third-order valence-electron chi connectivity index (χ3n) is 5.16. The molecule has 166 valence electrons. The molecule has 1 unspecified atom stereocenters. The molecule has 0 aliphatic heterocycles. The summed E-state index contributed by atoms with van der Waals surface area (Å²) < 4.78 is 7.57. The summed E-state index contributed by atoms with van der Waals surface area (Å²) in [7, 11) is 5.51. The van der Waals surface area contributed by atoms with Gasteiger partial charge in [-0.25, -0.2) is 9.97 Å². The number of methoxy groups -OCH3 is 1. The Morgan fingerprint density at radius 3 is 2.87 bits per heavy atom. The van der Waals surface area contributed by atoms with Crippen molar-refractivity contribution in [2.45, 2.75) is 45.5 Å². The minimum atomic E-state index is 0.0160. The lowest BCUT2D eigenvalue weighted by atomic mass is 10.1. The lowest BCUT2D eigenvalue weighted by Gasteiger charge is -2.21. The molecule has 2 heterocycles. The quantitative estimate of drug-likeness (QED) is 0.383. The molecule has 0 radical (unpaired) electrons. The van der Waals surface area contributed by atoms with Crippen LogP contribution < -0.4 is 5.32 Å². The van der Waals surface area contributed by atoms with Crippen molar-refractivity contribution in [2.75, 3.05) is 21.2 Å². The monoisotopic (exact) mass is 440 g/mol. The number of nitrogens with zero attached hydrogens (tertiary/aromatic N) is 5. The maximum atomic E-state index is 5.36. The van der Waals surface area contributed by atoms with Crippen molar-refractivity contribution in [2.24, 2.45) is 4.99 Å². The minimum Gasteiger partial charge on any atom is -0.375 e. The van der Waals surface area contributed by atoms with Crippen molar-refractivity contribution in [3.8, 4) is 0 Å². The zero-order valence-electron chi connectivity index (χ0n) is 18.8. The second-order valence-electron chi connectivity index (χ2n) is 7.44. The van der Waals surface area contributed by atoms with Crippen molar-refractivity contribution in [1.82, 2.24) is 24.8 Å². The van der Waals surface area contributed by atoms with Crippen LogP contribution in [0.4, 0.5) is 0 Å². The summed E-state index contributed by atoms with van der Waals surface area (Å²) in [4.78, 5) is 15.7. The molecule has 2 aromatic heterocycles. The Morgan fingerprint density at radius 1 is 1.32 bits per heavy atom. The summed E-state index contributed by atoms with van der Waals surface area (Å²) in [6.45, 7) is 4.25. The highest BCUT2D eigenvalue weighted by molar-refractivity contribution is 7.09. The van der Waals surface area contributed by atoms with Gasteiger partial charge in [-0.05, 0) is 25.3 Å². The van der Waals surface area contributed by atoms with Gasteiger partial charge in [0.2, 0.25) is 0 Å². The molecule has 0 aliphatic rings. The average molecular weight is 441 g/mol. The number of hydrogen-bond donors (Lipinski definition) is 1. The van der Waals surface area contributed by atoms with Crippen molar-refractivity contribution in [1.29, 1.82) is 0 Å². The van der Waals surface area contributed by atoms with E-state index in [9.17, 15) is 0 Å². The number of aliphatic imine (C=N–C) groups is 1. The Morgan fingerprint density at radius 2 is 2.13 bits per heavy atom. The molecule has 1 N–H and O–H groups in total. The van der Waals surface area contributed by atoms with E-state index < -0.39 is 0 Å². The van der Waals surface area contributed by atoms with Crippen LogP contribution in [0, 0.1) is 0 Å². The van der Waals surface area contributed by atoms with Crippen LogP contribution >= 0.6 is 11.3 Å². The van der Waals surface area contributed by atoms with E-state index >= 15 is 0 Å². The average Bonchev–Trinajstić information content (AvgIpc) is 3.44. The van der Waals surface area contributed by atoms with Crippen LogP contribution in [-0.4, -0.2) is 46.6 Å². The Labute approximate surface area is 188 Å². The number of hydrogen-bond acceptors (Lipinski definition) is 5. The molecular formula is C23H32N6OS. The maximum Gasteiger partial charge on any atom is 0.194 e. The second kappa shape index (κ2) is 11.6. The number of aryl methyl sites for hydroxylation is 2. The summed E-state index contributed by atoms with van der Waals surface area (Å²) >= 11 is 1.63. The van der Waals surface area contributed by atoms with Crippen molar-refractivity contribution in [3.63, 3.8) is 0 Å². The highest BCUT2D eigenvalue weighted by atomic mass is 32.1. The zero-order chi connectivity index (χ0) is 22.1. The Bertz CT molecular complexity index is 952. The second-order valence-corrected chi connectivity index (χ2v) is 8.33. The van der Waals surface area contributed by atoms with Gasteiger partial charge in [0.05, 0.1) is 18.8 Å². The van der Waals surface area contributed by atoms with E-state index in [0.717, 1.165) is 41.9 Å². The number of benzene rings is 1. The fourth-order valence-electron chi connectivity index (χ4n) is 3.35. The first kappa shape index (κ1) is 23.0. The highest BCUT2D eigenvalue weighted by Crippen LogP contribution is 2.20. The fourth-order valence-corrected chi connectivity index (χ4v) is 4.19. The molecule has 31 heavy (non-hydrogen) atoms. The van der Waals surface area contributed by atoms with Crippen LogP contribution in [0.25, 0.3) is 0 Å². The van der Waals surface area contributed by atoms with Crippen molar-refractivity contribution >= 4 is 17.3 Å². The molecule has 3 rings (SSSR count). The van der Waals surface area contributed by atoms with Crippen LogP contribution in [0.3, 0.4) is 0 Å². The van der Waals surface area contributed by atoms with Gasteiger partial charge in [0.25, 0.3) is 0 Å². The molecule has 0 fully saturated rings. The summed E-state index contributed by atoms with van der Waals surface area (Å²) in [5.41, 5.74) is 2.38. The Kier molecular flexibility index (Phi) is 8.61. The normalized spacial score (nSPS) is 12.7. The maximum absolute atomic E-state index is 5.36. The third kappa shape index (κ3) is 6.63. The molecule has 1 aromatic carbocycles. The van der Waals surface area contributed by atoms with E-state index in [0.29, 0.717) is 13.1 Å². The number of ether oxygens (including phenoxy) is 1. The molecule has 8 heteroatoms. The Hall–Kier alpha value is -2.71. The molecule has 3 aromatic rings. The van der Waals surface area contributed by atoms with Gasteiger partial charge >= 0.3 is 0 Å². The largest absolute Gasteiger partial charge is 0.375 e. The first-order chi connectivity index (χ1) is 15.1. The topological polar surface area (TPSA) is 67.6 Å². The minimum absolute atomic E-state index is 0.0160. The summed E-state index contributed by atoms with van der Waals surface area (Å²) in [6.07, 6.45) is 6.06. The number of imidazole rings is 1. The smallest absolute Gasteiger partial charge is 0.194 e. The SMILES string of the molecule is CN=C(NCc1nccn1CCCc1ccccc1)N(C)Cc1csc(C(C)OC)n1. The van der Waals surface area contributed by atoms with E-state index in [1.54, 1.807) is 25.5 Å². The third-order valence-corrected chi connectivity index (χ3v) is 6.21. The van der Waals surface area contributed by atoms with E-state index in [1.165, 1.54) is 5.56 Å². The fraction of sp³-hybridized carbons (Fsp3) is 0.435. The first-order valence-corrected chi connectivity index (χ1v) is 11.4. The van der Waals surface area contributed by atoms with Crippen LogP contribution in [0.2, 0.25) is 0 Å². The molecular weight excluding hydrogens is 408 g/mol. The number of thiazole rings is 1. The van der Waals surface area contributed by atoms with E-state index in [1.807, 2.05) is 26.4 Å². The molecule has 7 nitrogen and oxygen atoms in total. The van der Waals surface area contributed by atoms with Gasteiger partial charge in [0, 0.05) is 45.5 Å². The molecule has 0 aliphatic carbocycles. The van der Waals surface area contributed by atoms with E-state index in [4.69, 9.17) is 4.74 Å². The predicted octanol–water partition coefficient (Wildman–Crippen LogP) is 3.89. The van der Waals surface area contributed by atoms with Crippen LogP contribution in [0.5, 0.6) is 0 Å². The van der Waals surface area contributed by atoms with Gasteiger partial charge in [-0.2, -0.15) is 0 Å². The molecule has 0 spiro atoms. The van der Waals surface area contributed by atoms with Gasteiger partial charge in [-0.3, -0.25) is 4.99 Å². The molecule has 0 amide bonds. The van der Waals surface area contributed by atoms with Gasteiger partial charge < -0.3 is 19.5 Å². The zero-order valence-corrected chi connectivity index (χ0v) is 19.6. The number of rotatable bonds is 10. The standard InChI is InChI=1S/C23H32N6OS/c1-18(30-4)22-27-20(17-31-22)16-28(3)23(24-2)26-15-21-25-12-14-29(21)13-8-11-19-9-6-5-7-10-19/h5-7,9-10,12,14,17-18H,8,11,13,15-16H2,1-4H3,(H,24,26). The summed E-state index contributed by atoms with van der Waals surface area (Å²) in [5, 5.41) is 6.49. The Balaban J connectivity index is 1.50. The van der Waals surface area contributed by atoms with Crippen LogP contribution in [0.15, 0.2) is 53.1 Å². The van der Waals surface area contributed by atoms with Gasteiger partial charge in [0.15, 0.2) is 5.96 Å². The first-order valence-electron chi connectivity index (χ1n) is 10.5. The highest BCUT2D eigenvalue weighted by Gasteiger charge is 2.13. The molecule has 0 saturated heterocycles. The molecule has 0 saturated carbocycles. The van der Waals surface area contributed by atoms with Gasteiger partial charge in [-0.15, -0.1) is 11.3 Å². The number of aromatic nitrogens is 3. The van der Waals surface area contributed by atoms with Crippen LogP contribution in [-0.2, 0) is 30.8 Å².